The van der Waals surface area contributed by atoms with Crippen LogP contribution in [0, 0.1) is 0 Å². The van der Waals surface area contributed by atoms with Crippen LogP contribution in [0.2, 0.25) is 0 Å². The molecule has 1 heterocycles. The van der Waals surface area contributed by atoms with E-state index in [-0.39, 0.29) is 22.6 Å². The highest BCUT2D eigenvalue weighted by Crippen LogP contribution is 2.39. The monoisotopic (exact) mass is 428 g/mol. The lowest BCUT2D eigenvalue weighted by Crippen LogP contribution is -2.18. The Kier molecular flexibility index (Phi) is 6.06. The zero-order chi connectivity index (χ0) is 22.2. The average Bonchev–Trinajstić information content (AvgIpc) is 3.01. The van der Waals surface area contributed by atoms with E-state index in [1.54, 1.807) is 13.2 Å². The number of rotatable bonds is 6. The third-order valence-corrected chi connectivity index (χ3v) is 6.69. The number of anilines is 1. The average molecular weight is 429 g/mol. The van der Waals surface area contributed by atoms with Crippen LogP contribution in [-0.2, 0) is 14.8 Å². The van der Waals surface area contributed by atoms with Crippen molar-refractivity contribution in [3.63, 3.8) is 0 Å². The molecule has 2 aromatic carbocycles. The van der Waals surface area contributed by atoms with Crippen LogP contribution in [0.25, 0.3) is 11.6 Å². The number of benzene rings is 2. The van der Waals surface area contributed by atoms with E-state index in [1.165, 1.54) is 19.2 Å². The molecule has 30 heavy (non-hydrogen) atoms. The van der Waals surface area contributed by atoms with Gasteiger partial charge in [0.25, 0.3) is 5.91 Å². The first-order valence-electron chi connectivity index (χ1n) is 9.91. The lowest BCUT2D eigenvalue weighted by molar-refractivity contribution is -0.110. The summed E-state index contributed by atoms with van der Waals surface area (Å²) in [5.41, 5.74) is 4.77. The van der Waals surface area contributed by atoms with Crippen LogP contribution >= 0.6 is 0 Å². The largest absolute Gasteiger partial charge is 0.496 e. The Bertz CT molecular complexity index is 1100. The fourth-order valence-electron chi connectivity index (χ4n) is 3.64. The van der Waals surface area contributed by atoms with E-state index in [0.717, 1.165) is 22.4 Å². The predicted octanol–water partition coefficient (Wildman–Crippen LogP) is 4.34. The predicted molar refractivity (Wildman–Crippen MR) is 120 cm³/mol. The van der Waals surface area contributed by atoms with E-state index in [1.807, 2.05) is 18.2 Å². The summed E-state index contributed by atoms with van der Waals surface area (Å²) in [5.74, 6) is 1.15. The number of nitrogens with one attached hydrogen (secondary N) is 2. The summed E-state index contributed by atoms with van der Waals surface area (Å²) in [6, 6.07) is 8.75. The van der Waals surface area contributed by atoms with Crippen molar-refractivity contribution >= 4 is 33.3 Å². The van der Waals surface area contributed by atoms with Crippen LogP contribution in [0.4, 0.5) is 5.69 Å². The van der Waals surface area contributed by atoms with Crippen molar-refractivity contribution in [2.45, 2.75) is 44.4 Å². The first-order chi connectivity index (χ1) is 14.1. The van der Waals surface area contributed by atoms with Crippen molar-refractivity contribution in [2.24, 2.45) is 0 Å². The second-order valence-electron chi connectivity index (χ2n) is 7.97. The Morgan fingerprint density at radius 1 is 1.03 bits per heavy atom. The quantitative estimate of drug-likeness (QED) is 0.670. The maximum atomic E-state index is 12.7. The molecule has 1 aliphatic rings. The molecule has 0 saturated heterocycles. The number of hydrogen-bond acceptors (Lipinski definition) is 4. The second-order valence-corrected chi connectivity index (χ2v) is 9.86. The van der Waals surface area contributed by atoms with Crippen LogP contribution in [-0.4, -0.2) is 28.5 Å². The van der Waals surface area contributed by atoms with Crippen LogP contribution in [0.1, 0.15) is 61.8 Å². The minimum atomic E-state index is -3.59. The highest BCUT2D eigenvalue weighted by Gasteiger charge is 2.26. The van der Waals surface area contributed by atoms with E-state index in [9.17, 15) is 13.2 Å². The molecule has 0 bridgehead atoms. The van der Waals surface area contributed by atoms with E-state index < -0.39 is 10.0 Å². The lowest BCUT2D eigenvalue weighted by Gasteiger charge is -2.19. The fourth-order valence-corrected chi connectivity index (χ4v) is 4.40. The van der Waals surface area contributed by atoms with Crippen LogP contribution in [0.3, 0.4) is 0 Å². The molecule has 0 aromatic heterocycles. The van der Waals surface area contributed by atoms with Gasteiger partial charge in [-0.15, -0.1) is 0 Å². The SMILES string of the molecule is CNS(=O)(=O)c1ccc2c(c1)NC(=O)C2=Cc1cc(C(C)C)c(OC)c(C(C)C)c1. The van der Waals surface area contributed by atoms with Crippen molar-refractivity contribution < 1.29 is 17.9 Å². The van der Waals surface area contributed by atoms with E-state index >= 15 is 0 Å². The summed E-state index contributed by atoms with van der Waals surface area (Å²) >= 11 is 0. The molecule has 0 unspecified atom stereocenters. The maximum Gasteiger partial charge on any atom is 0.256 e. The molecule has 0 radical (unpaired) electrons. The van der Waals surface area contributed by atoms with Gasteiger partial charge in [0.15, 0.2) is 0 Å². The molecule has 0 spiro atoms. The first kappa shape index (κ1) is 22.1. The standard InChI is InChI=1S/C23H28N2O4S/c1-13(2)18-9-15(10-19(14(3)4)22(18)29-6)11-20-17-8-7-16(30(27,28)24-5)12-21(17)25-23(20)26/h7-14,24H,1-6H3,(H,25,26). The number of amides is 1. The molecule has 3 rings (SSSR count). The summed E-state index contributed by atoms with van der Waals surface area (Å²) < 4.78 is 32.1. The van der Waals surface area contributed by atoms with Gasteiger partial charge in [-0.05, 0) is 65.9 Å². The Labute approximate surface area is 178 Å². The third-order valence-electron chi connectivity index (χ3n) is 5.28. The van der Waals surface area contributed by atoms with Gasteiger partial charge in [0.2, 0.25) is 10.0 Å². The highest BCUT2D eigenvalue weighted by atomic mass is 32.2. The molecule has 1 aliphatic heterocycles. The van der Waals surface area contributed by atoms with Crippen LogP contribution < -0.4 is 14.8 Å². The van der Waals surface area contributed by atoms with Crippen molar-refractivity contribution in [1.82, 2.24) is 4.72 Å². The van der Waals surface area contributed by atoms with Gasteiger partial charge in [-0.1, -0.05) is 33.8 Å². The van der Waals surface area contributed by atoms with E-state index in [0.29, 0.717) is 16.8 Å². The molecule has 0 saturated carbocycles. The number of methoxy groups -OCH3 is 1. The number of sulfonamides is 1. The molecule has 2 N–H and O–H groups in total. The van der Waals surface area contributed by atoms with Crippen LogP contribution in [0.5, 0.6) is 5.75 Å². The Balaban J connectivity index is 2.14. The number of carbonyl (C=O) groups is 1. The van der Waals surface area contributed by atoms with Crippen molar-refractivity contribution in [2.75, 3.05) is 19.5 Å². The number of hydrogen-bond donors (Lipinski definition) is 2. The molecule has 0 aliphatic carbocycles. The van der Waals surface area contributed by atoms with Crippen molar-refractivity contribution in [3.05, 3.63) is 52.6 Å². The topological polar surface area (TPSA) is 84.5 Å². The van der Waals surface area contributed by atoms with Crippen LogP contribution in [0.15, 0.2) is 35.2 Å². The molecular formula is C23H28N2O4S. The smallest absolute Gasteiger partial charge is 0.256 e. The van der Waals surface area contributed by atoms with E-state index in [2.05, 4.69) is 37.7 Å². The lowest BCUT2D eigenvalue weighted by atomic mass is 9.90. The number of fused-ring (bicyclic) bond motifs is 1. The van der Waals surface area contributed by atoms with Gasteiger partial charge >= 0.3 is 0 Å². The minimum Gasteiger partial charge on any atom is -0.496 e. The van der Waals surface area contributed by atoms with Gasteiger partial charge in [0, 0.05) is 11.1 Å². The Morgan fingerprint density at radius 2 is 1.63 bits per heavy atom. The Hall–Kier alpha value is -2.64. The van der Waals surface area contributed by atoms with E-state index in [4.69, 9.17) is 4.74 Å². The zero-order valence-electron chi connectivity index (χ0n) is 18.2. The normalized spacial score (nSPS) is 15.1. The summed E-state index contributed by atoms with van der Waals surface area (Å²) in [6.07, 6.45) is 1.85. The molecule has 7 heteroatoms. The van der Waals surface area contributed by atoms with Crippen molar-refractivity contribution in [1.29, 1.82) is 0 Å². The number of ether oxygens (including phenoxy) is 1. The molecule has 2 aromatic rings. The summed E-state index contributed by atoms with van der Waals surface area (Å²) in [7, 11) is -0.547. The van der Waals surface area contributed by atoms with Gasteiger partial charge in [-0.2, -0.15) is 0 Å². The van der Waals surface area contributed by atoms with Crippen molar-refractivity contribution in [3.8, 4) is 5.75 Å². The maximum absolute atomic E-state index is 12.7. The van der Waals surface area contributed by atoms with Gasteiger partial charge < -0.3 is 10.1 Å². The molecule has 6 nitrogen and oxygen atoms in total. The third kappa shape index (κ3) is 4.00. The van der Waals surface area contributed by atoms with Gasteiger partial charge in [0.05, 0.1) is 17.7 Å². The van der Waals surface area contributed by atoms with Gasteiger partial charge in [-0.3, -0.25) is 4.79 Å². The molecular weight excluding hydrogens is 400 g/mol. The van der Waals surface area contributed by atoms with Gasteiger partial charge in [0.1, 0.15) is 5.75 Å². The number of carbonyl (C=O) groups excluding carboxylic acids is 1. The molecule has 160 valence electrons. The molecule has 1 amide bonds. The summed E-state index contributed by atoms with van der Waals surface area (Å²) in [5, 5.41) is 2.78. The zero-order valence-corrected chi connectivity index (χ0v) is 19.0. The highest BCUT2D eigenvalue weighted by molar-refractivity contribution is 7.89. The second kappa shape index (κ2) is 8.24. The summed E-state index contributed by atoms with van der Waals surface area (Å²) in [4.78, 5) is 12.8. The fraction of sp³-hybridized carbons (Fsp3) is 0.348. The van der Waals surface area contributed by atoms with Gasteiger partial charge in [-0.25, -0.2) is 13.1 Å². The first-order valence-corrected chi connectivity index (χ1v) is 11.4. The Morgan fingerprint density at radius 3 is 2.13 bits per heavy atom. The minimum absolute atomic E-state index is 0.110. The molecule has 0 fully saturated rings. The summed E-state index contributed by atoms with van der Waals surface area (Å²) in [6.45, 7) is 8.45. The molecule has 0 atom stereocenters.